The van der Waals surface area contributed by atoms with Crippen molar-refractivity contribution >= 4 is 12.4 Å². The van der Waals surface area contributed by atoms with Crippen LogP contribution < -0.4 is 0 Å². The number of aryl methyl sites for hydroxylation is 1. The summed E-state index contributed by atoms with van der Waals surface area (Å²) in [5.41, 5.74) is 0.256. The zero-order valence-corrected chi connectivity index (χ0v) is 16.7. The van der Waals surface area contributed by atoms with Gasteiger partial charge in [-0.2, -0.15) is 0 Å². The predicted molar refractivity (Wildman–Crippen MR) is 101 cm³/mol. The van der Waals surface area contributed by atoms with Gasteiger partial charge in [-0.05, 0) is 39.7 Å². The summed E-state index contributed by atoms with van der Waals surface area (Å²) in [7, 11) is 0. The van der Waals surface area contributed by atoms with Crippen molar-refractivity contribution in [1.29, 1.82) is 0 Å². The van der Waals surface area contributed by atoms with Crippen molar-refractivity contribution in [3.63, 3.8) is 0 Å². The molecule has 1 amide bonds. The number of amides is 1. The number of rotatable bonds is 6. The molecule has 2 aliphatic rings. The molecule has 0 spiro atoms. The molecule has 158 valence electrons. The summed E-state index contributed by atoms with van der Waals surface area (Å²) in [5, 5.41) is 20.9. The molecule has 28 heavy (non-hydrogen) atoms. The van der Waals surface area contributed by atoms with E-state index in [0.29, 0.717) is 37.8 Å². The van der Waals surface area contributed by atoms with Gasteiger partial charge in [0.05, 0.1) is 13.2 Å². The largest absolute Gasteiger partial charge is 0.483 e. The molecule has 1 aromatic heterocycles. The molecule has 0 radical (unpaired) electrons. The molecule has 9 heteroatoms. The van der Waals surface area contributed by atoms with Crippen LogP contribution in [0.15, 0.2) is 10.6 Å². The maximum atomic E-state index is 12.7. The quantitative estimate of drug-likeness (QED) is 0.540. The van der Waals surface area contributed by atoms with E-state index in [0.717, 1.165) is 32.4 Å². The minimum absolute atomic E-state index is 0.0845. The Morgan fingerprint density at radius 2 is 2.21 bits per heavy atom. The Labute approximate surface area is 165 Å². The van der Waals surface area contributed by atoms with Gasteiger partial charge in [-0.1, -0.05) is 5.16 Å². The first-order chi connectivity index (χ1) is 13.5. The van der Waals surface area contributed by atoms with Crippen molar-refractivity contribution in [2.24, 2.45) is 5.41 Å². The lowest BCUT2D eigenvalue weighted by Gasteiger charge is -2.54. The first-order valence-electron chi connectivity index (χ1n) is 9.74. The van der Waals surface area contributed by atoms with E-state index in [1.54, 1.807) is 13.0 Å². The third-order valence-electron chi connectivity index (χ3n) is 5.72. The number of carbonyl (C=O) groups excluding carboxylic acids is 1. The molecule has 2 atom stereocenters. The molecule has 2 aliphatic heterocycles. The van der Waals surface area contributed by atoms with Crippen LogP contribution in [0.1, 0.15) is 42.4 Å². The normalized spacial score (nSPS) is 24.8. The Balaban J connectivity index is 0.000000878. The molecule has 0 aliphatic carbocycles. The average Bonchev–Trinajstić information content (AvgIpc) is 3.14. The van der Waals surface area contributed by atoms with Crippen molar-refractivity contribution in [3.05, 3.63) is 17.5 Å². The summed E-state index contributed by atoms with van der Waals surface area (Å²) in [6.07, 6.45) is 2.92. The number of carboxylic acid groups (broad SMARTS) is 1. The van der Waals surface area contributed by atoms with E-state index in [2.05, 4.69) is 10.1 Å². The molecule has 9 nitrogen and oxygen atoms in total. The highest BCUT2D eigenvalue weighted by atomic mass is 16.5. The van der Waals surface area contributed by atoms with Gasteiger partial charge in [0, 0.05) is 43.8 Å². The first kappa shape index (κ1) is 22.3. The van der Waals surface area contributed by atoms with Crippen LogP contribution in [0.4, 0.5) is 0 Å². The van der Waals surface area contributed by atoms with Crippen LogP contribution in [0.3, 0.4) is 0 Å². The molecular weight excluding hydrogens is 366 g/mol. The summed E-state index contributed by atoms with van der Waals surface area (Å²) in [4.78, 5) is 25.4. The molecule has 2 fully saturated rings. The van der Waals surface area contributed by atoms with Crippen LogP contribution in [0.2, 0.25) is 0 Å². The Hall–Kier alpha value is -1.97. The second-order valence-corrected chi connectivity index (χ2v) is 7.30. The summed E-state index contributed by atoms with van der Waals surface area (Å²) in [5.74, 6) is 0.555. The monoisotopic (exact) mass is 397 g/mol. The molecule has 0 bridgehead atoms. The molecular formula is C19H31N3O6. The second-order valence-electron chi connectivity index (χ2n) is 7.30. The van der Waals surface area contributed by atoms with Gasteiger partial charge in [-0.25, -0.2) is 0 Å². The summed E-state index contributed by atoms with van der Waals surface area (Å²) in [6, 6.07) is 1.85. The number of fused-ring (bicyclic) bond motifs is 1. The third kappa shape index (κ3) is 5.09. The van der Waals surface area contributed by atoms with Crippen molar-refractivity contribution in [3.8, 4) is 0 Å². The number of hydrogen-bond donors (Lipinski definition) is 2. The van der Waals surface area contributed by atoms with Gasteiger partial charge in [-0.3, -0.25) is 14.5 Å². The molecule has 0 unspecified atom stereocenters. The fourth-order valence-electron chi connectivity index (χ4n) is 4.27. The molecule has 2 saturated heterocycles. The van der Waals surface area contributed by atoms with Gasteiger partial charge in [0.2, 0.25) is 0 Å². The van der Waals surface area contributed by atoms with E-state index in [1.807, 2.05) is 11.8 Å². The van der Waals surface area contributed by atoms with E-state index in [4.69, 9.17) is 19.2 Å². The highest BCUT2D eigenvalue weighted by Crippen LogP contribution is 2.42. The Morgan fingerprint density at radius 3 is 2.82 bits per heavy atom. The summed E-state index contributed by atoms with van der Waals surface area (Å²) >= 11 is 0. The molecule has 1 aromatic rings. The molecule has 2 N–H and O–H groups in total. The van der Waals surface area contributed by atoms with Crippen molar-refractivity contribution in [2.45, 2.75) is 39.2 Å². The predicted octanol–water partition coefficient (Wildman–Crippen LogP) is 1.01. The number of piperidine rings is 2. The van der Waals surface area contributed by atoms with E-state index in [1.165, 1.54) is 0 Å². The van der Waals surface area contributed by atoms with Crippen molar-refractivity contribution < 1.29 is 29.1 Å². The lowest BCUT2D eigenvalue weighted by molar-refractivity contribution is -0.122. The number of hydrogen-bond acceptors (Lipinski definition) is 7. The topological polar surface area (TPSA) is 116 Å². The third-order valence-corrected chi connectivity index (χ3v) is 5.72. The average molecular weight is 397 g/mol. The van der Waals surface area contributed by atoms with Crippen LogP contribution >= 0.6 is 0 Å². The smallest absolute Gasteiger partial charge is 0.290 e. The zero-order chi connectivity index (χ0) is 20.6. The van der Waals surface area contributed by atoms with E-state index in [-0.39, 0.29) is 30.4 Å². The van der Waals surface area contributed by atoms with Crippen LogP contribution in [0, 0.1) is 12.3 Å². The molecule has 3 heterocycles. The number of aliphatic hydroxyl groups excluding tert-OH is 1. The molecule has 0 aromatic carbocycles. The summed E-state index contributed by atoms with van der Waals surface area (Å²) < 4.78 is 10.6. The standard InChI is InChI=1S/C18H29N3O4.CH2O2/c1-3-24-10-9-20-7-4-5-18(13-22)6-8-21(12-16(18)20)17(23)15-11-14(2)25-19-15;2-1-3/h11,16,22H,3-10,12-13H2,1-2H3;1H,(H,2,3)/t16-,18-;/m1./s1. The maximum Gasteiger partial charge on any atom is 0.290 e. The summed E-state index contributed by atoms with van der Waals surface area (Å²) in [6.45, 7) is 8.20. The lowest BCUT2D eigenvalue weighted by Crippen LogP contribution is -2.63. The number of carbonyl (C=O) groups is 2. The van der Waals surface area contributed by atoms with Crippen molar-refractivity contribution in [1.82, 2.24) is 15.0 Å². The highest BCUT2D eigenvalue weighted by Gasteiger charge is 2.48. The Bertz CT molecular complexity index is 637. The Morgan fingerprint density at radius 1 is 1.46 bits per heavy atom. The first-order valence-corrected chi connectivity index (χ1v) is 9.74. The maximum absolute atomic E-state index is 12.7. The number of ether oxygens (including phenoxy) is 1. The van der Waals surface area contributed by atoms with Gasteiger partial charge in [0.25, 0.3) is 12.4 Å². The van der Waals surface area contributed by atoms with E-state index < -0.39 is 0 Å². The second kappa shape index (κ2) is 10.5. The zero-order valence-electron chi connectivity index (χ0n) is 16.7. The van der Waals surface area contributed by atoms with Crippen molar-refractivity contribution in [2.75, 3.05) is 46.0 Å². The number of aromatic nitrogens is 1. The van der Waals surface area contributed by atoms with Gasteiger partial charge >= 0.3 is 0 Å². The molecule has 3 rings (SSSR count). The number of likely N-dealkylation sites (tertiary alicyclic amines) is 2. The Kier molecular flexibility index (Phi) is 8.40. The number of aliphatic hydroxyl groups is 1. The van der Waals surface area contributed by atoms with Gasteiger partial charge < -0.3 is 24.4 Å². The van der Waals surface area contributed by atoms with E-state index in [9.17, 15) is 9.90 Å². The van der Waals surface area contributed by atoms with E-state index >= 15 is 0 Å². The van der Waals surface area contributed by atoms with Gasteiger partial charge in [-0.15, -0.1) is 0 Å². The minimum atomic E-state index is -0.250. The highest BCUT2D eigenvalue weighted by molar-refractivity contribution is 5.92. The van der Waals surface area contributed by atoms with Gasteiger partial charge in [0.1, 0.15) is 5.76 Å². The van der Waals surface area contributed by atoms with Crippen LogP contribution in [-0.2, 0) is 9.53 Å². The van der Waals surface area contributed by atoms with Crippen LogP contribution in [-0.4, -0.2) is 89.6 Å². The SMILES string of the molecule is CCOCCN1CCC[C@]2(CO)CCN(C(=O)c3cc(C)on3)C[C@@H]12.O=CO. The fraction of sp³-hybridized carbons (Fsp3) is 0.737. The molecule has 0 saturated carbocycles. The van der Waals surface area contributed by atoms with Gasteiger partial charge in [0.15, 0.2) is 5.69 Å². The minimum Gasteiger partial charge on any atom is -0.483 e. The number of nitrogens with zero attached hydrogens (tertiary/aromatic N) is 3. The van der Waals surface area contributed by atoms with Crippen LogP contribution in [0.25, 0.3) is 0 Å². The van der Waals surface area contributed by atoms with Crippen LogP contribution in [0.5, 0.6) is 0 Å². The fourth-order valence-corrected chi connectivity index (χ4v) is 4.27. The lowest BCUT2D eigenvalue weighted by atomic mass is 9.69.